The first-order chi connectivity index (χ1) is 13.2. The number of carbonyl (C=O) groups excluding carboxylic acids is 1. The van der Waals surface area contributed by atoms with E-state index in [2.05, 4.69) is 20.1 Å². The Hall–Kier alpha value is -2.87. The zero-order valence-corrected chi connectivity index (χ0v) is 16.0. The summed E-state index contributed by atoms with van der Waals surface area (Å²) in [6.45, 7) is 4.52. The van der Waals surface area contributed by atoms with Gasteiger partial charge in [-0.3, -0.25) is 9.79 Å². The van der Waals surface area contributed by atoms with Crippen molar-refractivity contribution in [2.45, 2.75) is 26.7 Å². The van der Waals surface area contributed by atoms with Crippen molar-refractivity contribution < 1.29 is 4.79 Å². The van der Waals surface area contributed by atoms with Crippen molar-refractivity contribution >= 4 is 44.0 Å². The van der Waals surface area contributed by atoms with E-state index in [1.165, 1.54) is 16.3 Å². The molecule has 0 fully saturated rings. The first-order valence-corrected chi connectivity index (χ1v) is 9.74. The van der Waals surface area contributed by atoms with Crippen LogP contribution in [0.4, 0.5) is 5.13 Å². The van der Waals surface area contributed by atoms with E-state index in [0.29, 0.717) is 18.1 Å². The van der Waals surface area contributed by atoms with Crippen LogP contribution in [-0.2, 0) is 11.2 Å². The molecular weight excluding hydrogens is 360 g/mol. The molecule has 8 heteroatoms. The molecule has 0 radical (unpaired) electrons. The van der Waals surface area contributed by atoms with Gasteiger partial charge in [0.05, 0.1) is 22.3 Å². The molecule has 0 bridgehead atoms. The lowest BCUT2D eigenvalue weighted by molar-refractivity contribution is -0.118. The van der Waals surface area contributed by atoms with Crippen LogP contribution in [0.3, 0.4) is 0 Å². The number of amides is 1. The Labute approximate surface area is 160 Å². The molecule has 2 aromatic heterocycles. The fourth-order valence-corrected chi connectivity index (χ4v) is 4.11. The summed E-state index contributed by atoms with van der Waals surface area (Å²) in [6.07, 6.45) is 4.93. The van der Waals surface area contributed by atoms with Gasteiger partial charge in [-0.2, -0.15) is 10.1 Å². The third-order valence-electron chi connectivity index (χ3n) is 4.54. The molecule has 0 spiro atoms. The van der Waals surface area contributed by atoms with Crippen LogP contribution < -0.4 is 5.01 Å². The highest BCUT2D eigenvalue weighted by molar-refractivity contribution is 7.22. The number of anilines is 1. The lowest BCUT2D eigenvalue weighted by Crippen LogP contribution is -2.32. The molecule has 1 amide bonds. The second-order valence-corrected chi connectivity index (χ2v) is 7.35. The summed E-state index contributed by atoms with van der Waals surface area (Å²) in [6, 6.07) is 7.85. The van der Waals surface area contributed by atoms with Gasteiger partial charge in [-0.15, -0.1) is 0 Å². The summed E-state index contributed by atoms with van der Waals surface area (Å²) in [5.74, 6) is -0.475. The quantitative estimate of drug-likeness (QED) is 0.665. The van der Waals surface area contributed by atoms with Gasteiger partial charge < -0.3 is 4.98 Å². The lowest BCUT2D eigenvalue weighted by Gasteiger charge is -2.13. The summed E-state index contributed by atoms with van der Waals surface area (Å²) >= 11 is 1.47. The predicted molar refractivity (Wildman–Crippen MR) is 109 cm³/mol. The molecule has 1 unspecified atom stereocenters. The Morgan fingerprint density at radius 1 is 1.37 bits per heavy atom. The Morgan fingerprint density at radius 3 is 2.96 bits per heavy atom. The van der Waals surface area contributed by atoms with Gasteiger partial charge in [0.25, 0.3) is 5.91 Å². The van der Waals surface area contributed by atoms with E-state index < -0.39 is 5.92 Å². The highest BCUT2D eigenvalue weighted by Gasteiger charge is 2.38. The Bertz CT molecular complexity index is 987. The van der Waals surface area contributed by atoms with Crippen molar-refractivity contribution in [3.05, 3.63) is 42.5 Å². The lowest BCUT2D eigenvalue weighted by atomic mass is 9.96. The molecule has 7 nitrogen and oxygen atoms in total. The van der Waals surface area contributed by atoms with Crippen molar-refractivity contribution in [3.63, 3.8) is 0 Å². The Balaban J connectivity index is 1.54. The maximum absolute atomic E-state index is 13.1. The molecule has 1 aromatic carbocycles. The predicted octanol–water partition coefficient (Wildman–Crippen LogP) is 3.45. The van der Waals surface area contributed by atoms with Crippen LogP contribution in [0.25, 0.3) is 10.2 Å². The molecule has 0 aliphatic carbocycles. The average Bonchev–Trinajstić information content (AvgIpc) is 3.39. The van der Waals surface area contributed by atoms with E-state index in [4.69, 9.17) is 4.99 Å². The number of nitrogens with zero attached hydrogens (tertiary/aromatic N) is 5. The van der Waals surface area contributed by atoms with Gasteiger partial charge in [0.2, 0.25) is 5.13 Å². The molecule has 1 aliphatic heterocycles. The summed E-state index contributed by atoms with van der Waals surface area (Å²) in [5.41, 5.74) is 3.55. The van der Waals surface area contributed by atoms with E-state index in [-0.39, 0.29) is 5.91 Å². The number of aromatic amines is 1. The van der Waals surface area contributed by atoms with Crippen LogP contribution in [0, 0.1) is 5.92 Å². The molecule has 0 saturated carbocycles. The number of aliphatic imine (C=N–C) groups is 1. The average molecular weight is 380 g/mol. The molecule has 3 aromatic rings. The second-order valence-electron chi connectivity index (χ2n) is 6.34. The number of para-hydroxylation sites is 1. The van der Waals surface area contributed by atoms with Gasteiger partial charge in [0, 0.05) is 30.6 Å². The summed E-state index contributed by atoms with van der Waals surface area (Å²) in [5, 5.41) is 6.54. The number of H-pyrrole nitrogens is 1. The van der Waals surface area contributed by atoms with Crippen molar-refractivity contribution in [2.24, 2.45) is 16.0 Å². The monoisotopic (exact) mass is 380 g/mol. The molecule has 3 heterocycles. The fourth-order valence-electron chi connectivity index (χ4n) is 3.19. The standard InChI is InChI=1S/C19H20N6OS/c1-3-14(21-9-8-13-10-20-11-22-13)17-12(2)24-25(18(17)26)19-23-15-6-4-5-7-16(15)27-19/h4-7,10-11,17H,3,8-9H2,1-2H3,(H,20,22). The number of rotatable bonds is 6. The number of nitrogens with one attached hydrogen (secondary N) is 1. The Morgan fingerprint density at radius 2 is 2.22 bits per heavy atom. The number of hydrogen-bond donors (Lipinski definition) is 1. The van der Waals surface area contributed by atoms with E-state index in [1.54, 1.807) is 12.5 Å². The van der Waals surface area contributed by atoms with Crippen molar-refractivity contribution in [1.29, 1.82) is 0 Å². The minimum absolute atomic E-state index is 0.0753. The number of hydrazone groups is 1. The maximum atomic E-state index is 13.1. The van der Waals surface area contributed by atoms with E-state index in [9.17, 15) is 4.79 Å². The number of imidazole rings is 1. The third kappa shape index (κ3) is 3.40. The zero-order valence-electron chi connectivity index (χ0n) is 15.2. The first kappa shape index (κ1) is 17.5. The van der Waals surface area contributed by atoms with Crippen molar-refractivity contribution in [3.8, 4) is 0 Å². The number of hydrogen-bond acceptors (Lipinski definition) is 6. The third-order valence-corrected chi connectivity index (χ3v) is 5.55. The largest absolute Gasteiger partial charge is 0.348 e. The molecular formula is C19H20N6OS. The molecule has 4 rings (SSSR count). The minimum Gasteiger partial charge on any atom is -0.348 e. The maximum Gasteiger partial charge on any atom is 0.264 e. The van der Waals surface area contributed by atoms with Crippen LogP contribution in [0.1, 0.15) is 26.0 Å². The SMILES string of the molecule is CCC(=NCCc1cnc[nH]1)C1C(=O)N(c2nc3ccccc3s2)N=C1C. The summed E-state index contributed by atoms with van der Waals surface area (Å²) < 4.78 is 1.04. The number of benzene rings is 1. The minimum atomic E-state index is -0.399. The molecule has 1 atom stereocenters. The number of fused-ring (bicyclic) bond motifs is 1. The highest BCUT2D eigenvalue weighted by atomic mass is 32.1. The first-order valence-electron chi connectivity index (χ1n) is 8.92. The van der Waals surface area contributed by atoms with Crippen LogP contribution in [0.2, 0.25) is 0 Å². The van der Waals surface area contributed by atoms with E-state index >= 15 is 0 Å². The van der Waals surface area contributed by atoms with Crippen LogP contribution in [0.5, 0.6) is 0 Å². The molecule has 0 saturated heterocycles. The molecule has 27 heavy (non-hydrogen) atoms. The molecule has 138 valence electrons. The highest BCUT2D eigenvalue weighted by Crippen LogP contribution is 2.32. The number of aromatic nitrogens is 3. The fraction of sp³-hybridized carbons (Fsp3) is 0.316. The van der Waals surface area contributed by atoms with Crippen LogP contribution >= 0.6 is 11.3 Å². The number of carbonyl (C=O) groups is 1. The van der Waals surface area contributed by atoms with Crippen molar-refractivity contribution in [2.75, 3.05) is 11.6 Å². The summed E-state index contributed by atoms with van der Waals surface area (Å²) in [4.78, 5) is 29.4. The molecule has 1 N–H and O–H groups in total. The molecule has 1 aliphatic rings. The smallest absolute Gasteiger partial charge is 0.264 e. The van der Waals surface area contributed by atoms with E-state index in [1.807, 2.05) is 38.1 Å². The van der Waals surface area contributed by atoms with Gasteiger partial charge in [-0.25, -0.2) is 9.97 Å². The van der Waals surface area contributed by atoms with Crippen LogP contribution in [-0.4, -0.2) is 38.8 Å². The summed E-state index contributed by atoms with van der Waals surface area (Å²) in [7, 11) is 0. The Kier molecular flexibility index (Phi) is 4.81. The van der Waals surface area contributed by atoms with Gasteiger partial charge in [-0.1, -0.05) is 30.4 Å². The van der Waals surface area contributed by atoms with Crippen LogP contribution in [0.15, 0.2) is 46.9 Å². The second kappa shape index (κ2) is 7.40. The normalized spacial score (nSPS) is 17.8. The zero-order chi connectivity index (χ0) is 18.8. The van der Waals surface area contributed by atoms with Gasteiger partial charge in [-0.05, 0) is 25.5 Å². The number of thiazole rings is 1. The van der Waals surface area contributed by atoms with Crippen molar-refractivity contribution in [1.82, 2.24) is 15.0 Å². The van der Waals surface area contributed by atoms with E-state index in [0.717, 1.165) is 33.8 Å². The van der Waals surface area contributed by atoms with Gasteiger partial charge in [0.1, 0.15) is 5.92 Å². The topological polar surface area (TPSA) is 86.6 Å². The van der Waals surface area contributed by atoms with Gasteiger partial charge in [0.15, 0.2) is 0 Å². The van der Waals surface area contributed by atoms with Gasteiger partial charge >= 0.3 is 0 Å².